The highest BCUT2D eigenvalue weighted by Crippen LogP contribution is 2.46. The first-order valence-corrected chi connectivity index (χ1v) is 18.4. The van der Waals surface area contributed by atoms with Crippen LogP contribution in [0.1, 0.15) is 0 Å². The fourth-order valence-electron chi connectivity index (χ4n) is 7.83. The molecule has 0 atom stereocenters. The maximum absolute atomic E-state index is 6.45. The van der Waals surface area contributed by atoms with Crippen molar-refractivity contribution in [2.45, 2.75) is 0 Å². The second kappa shape index (κ2) is 13.4. The molecule has 0 amide bonds. The van der Waals surface area contributed by atoms with Gasteiger partial charge in [0.05, 0.1) is 5.69 Å². The van der Waals surface area contributed by atoms with Crippen molar-refractivity contribution in [3.05, 3.63) is 212 Å². The van der Waals surface area contributed by atoms with E-state index < -0.39 is 0 Å². The number of rotatable bonds is 7. The lowest BCUT2D eigenvalue weighted by atomic mass is 9.93. The van der Waals surface area contributed by atoms with Crippen LogP contribution < -0.4 is 4.90 Å². The van der Waals surface area contributed by atoms with Crippen molar-refractivity contribution in [3.63, 3.8) is 0 Å². The first-order valence-electron chi connectivity index (χ1n) is 18.4. The molecule has 54 heavy (non-hydrogen) atoms. The minimum atomic E-state index is 0.864. The van der Waals surface area contributed by atoms with Gasteiger partial charge in [0.25, 0.3) is 0 Å². The average molecular weight is 690 g/mol. The molecule has 0 unspecified atom stereocenters. The van der Waals surface area contributed by atoms with Gasteiger partial charge in [-0.05, 0) is 104 Å². The molecule has 10 aromatic rings. The van der Waals surface area contributed by atoms with Crippen LogP contribution in [-0.4, -0.2) is 0 Å². The molecule has 1 aromatic heterocycles. The number of para-hydroxylation sites is 1. The van der Waals surface area contributed by atoms with Gasteiger partial charge in [0.1, 0.15) is 11.2 Å². The van der Waals surface area contributed by atoms with Gasteiger partial charge in [-0.1, -0.05) is 152 Å². The lowest BCUT2D eigenvalue weighted by molar-refractivity contribution is 0.669. The van der Waals surface area contributed by atoms with Crippen molar-refractivity contribution < 1.29 is 4.42 Å². The van der Waals surface area contributed by atoms with Crippen LogP contribution in [0.15, 0.2) is 217 Å². The van der Waals surface area contributed by atoms with Crippen molar-refractivity contribution in [1.29, 1.82) is 0 Å². The van der Waals surface area contributed by atoms with Crippen LogP contribution in [0, 0.1) is 0 Å². The minimum absolute atomic E-state index is 0.864. The predicted octanol–water partition coefficient (Wildman–Crippen LogP) is 14.9. The third-order valence-corrected chi connectivity index (χ3v) is 10.4. The molecule has 10 rings (SSSR count). The molecule has 0 aliphatic carbocycles. The van der Waals surface area contributed by atoms with Crippen LogP contribution in [0.3, 0.4) is 0 Å². The zero-order valence-corrected chi connectivity index (χ0v) is 29.6. The van der Waals surface area contributed by atoms with Gasteiger partial charge in [0.2, 0.25) is 0 Å². The Morgan fingerprint density at radius 3 is 1.44 bits per heavy atom. The van der Waals surface area contributed by atoms with E-state index in [0.717, 1.165) is 44.6 Å². The number of anilines is 3. The molecular formula is C52H35NO. The molecule has 0 saturated heterocycles. The molecule has 0 fully saturated rings. The number of benzene rings is 9. The Bertz CT molecular complexity index is 2850. The van der Waals surface area contributed by atoms with Crippen molar-refractivity contribution in [3.8, 4) is 44.5 Å². The highest BCUT2D eigenvalue weighted by atomic mass is 16.3. The van der Waals surface area contributed by atoms with E-state index in [1.165, 1.54) is 49.7 Å². The summed E-state index contributed by atoms with van der Waals surface area (Å²) in [6, 6.07) is 76.0. The van der Waals surface area contributed by atoms with Crippen molar-refractivity contribution in [1.82, 2.24) is 0 Å². The summed E-state index contributed by atoms with van der Waals surface area (Å²) >= 11 is 0. The zero-order chi connectivity index (χ0) is 35.8. The van der Waals surface area contributed by atoms with Crippen LogP contribution in [-0.2, 0) is 0 Å². The van der Waals surface area contributed by atoms with Crippen LogP contribution >= 0.6 is 0 Å². The molecule has 0 radical (unpaired) electrons. The van der Waals surface area contributed by atoms with Crippen LogP contribution in [0.4, 0.5) is 17.1 Å². The fraction of sp³-hybridized carbons (Fsp3) is 0. The summed E-state index contributed by atoms with van der Waals surface area (Å²) in [6.07, 6.45) is 0. The number of hydrogen-bond donors (Lipinski definition) is 0. The summed E-state index contributed by atoms with van der Waals surface area (Å²) in [6.45, 7) is 0. The molecule has 0 bridgehead atoms. The first kappa shape index (κ1) is 31.6. The highest BCUT2D eigenvalue weighted by molar-refractivity contribution is 6.08. The average Bonchev–Trinajstić information content (AvgIpc) is 3.63. The minimum Gasteiger partial charge on any atom is -0.456 e. The predicted molar refractivity (Wildman–Crippen MR) is 228 cm³/mol. The molecule has 254 valence electrons. The summed E-state index contributed by atoms with van der Waals surface area (Å²) in [5.74, 6) is 0. The van der Waals surface area contributed by atoms with Crippen molar-refractivity contribution in [2.24, 2.45) is 0 Å². The Morgan fingerprint density at radius 1 is 0.296 bits per heavy atom. The van der Waals surface area contributed by atoms with Crippen LogP contribution in [0.2, 0.25) is 0 Å². The van der Waals surface area contributed by atoms with E-state index in [1.54, 1.807) is 0 Å². The second-order valence-corrected chi connectivity index (χ2v) is 13.7. The summed E-state index contributed by atoms with van der Waals surface area (Å²) in [7, 11) is 0. The van der Waals surface area contributed by atoms with Crippen molar-refractivity contribution >= 4 is 49.8 Å². The molecule has 0 aliphatic heterocycles. The number of nitrogens with zero attached hydrogens (tertiary/aromatic N) is 1. The number of furan rings is 1. The van der Waals surface area contributed by atoms with E-state index >= 15 is 0 Å². The van der Waals surface area contributed by atoms with Crippen LogP contribution in [0.25, 0.3) is 77.2 Å². The van der Waals surface area contributed by atoms with E-state index in [4.69, 9.17) is 4.42 Å². The molecule has 0 spiro atoms. The summed E-state index contributed by atoms with van der Waals surface area (Å²) in [5, 5.41) is 4.65. The Hall–Kier alpha value is -7.16. The monoisotopic (exact) mass is 689 g/mol. The van der Waals surface area contributed by atoms with Gasteiger partial charge in [-0.15, -0.1) is 0 Å². The lowest BCUT2D eigenvalue weighted by Crippen LogP contribution is -2.11. The standard InChI is InChI=1S/C52H35NO/c1-4-14-36(15-5-1)41-32-42(37-16-6-2-7-17-37)34-43(33-41)38-24-27-44(28-25-38)53(45-29-30-48-47-22-12-13-23-50(47)54-51(48)35-45)49-31-26-39-18-10-11-21-46(39)52(49)40-19-8-3-9-20-40/h1-35H. The first-order chi connectivity index (χ1) is 26.8. The van der Waals surface area contributed by atoms with E-state index in [1.807, 2.05) is 12.1 Å². The quantitative estimate of drug-likeness (QED) is 0.166. The van der Waals surface area contributed by atoms with Gasteiger partial charge in [-0.3, -0.25) is 0 Å². The molecule has 0 N–H and O–H groups in total. The maximum Gasteiger partial charge on any atom is 0.137 e. The largest absolute Gasteiger partial charge is 0.456 e. The third-order valence-electron chi connectivity index (χ3n) is 10.4. The zero-order valence-electron chi connectivity index (χ0n) is 29.6. The lowest BCUT2D eigenvalue weighted by Gasteiger charge is -2.29. The Morgan fingerprint density at radius 2 is 0.796 bits per heavy atom. The Labute approximate surface area is 314 Å². The van der Waals surface area contributed by atoms with Gasteiger partial charge in [0.15, 0.2) is 0 Å². The number of fused-ring (bicyclic) bond motifs is 4. The molecule has 9 aromatic carbocycles. The molecule has 0 saturated carbocycles. The maximum atomic E-state index is 6.45. The second-order valence-electron chi connectivity index (χ2n) is 13.7. The van der Waals surface area contributed by atoms with Gasteiger partial charge in [-0.25, -0.2) is 0 Å². The summed E-state index contributed by atoms with van der Waals surface area (Å²) < 4.78 is 6.45. The summed E-state index contributed by atoms with van der Waals surface area (Å²) in [5.41, 5.74) is 14.4. The van der Waals surface area contributed by atoms with E-state index in [2.05, 4.69) is 205 Å². The SMILES string of the molecule is c1ccc(-c2cc(-c3ccccc3)cc(-c3ccc(N(c4ccc5c(c4)oc4ccccc45)c4ccc5ccccc5c4-c4ccccc4)cc3)c2)cc1. The summed E-state index contributed by atoms with van der Waals surface area (Å²) in [4.78, 5) is 2.38. The molecule has 1 heterocycles. The van der Waals surface area contributed by atoms with Gasteiger partial charge in [0, 0.05) is 33.8 Å². The number of hydrogen-bond acceptors (Lipinski definition) is 2. The van der Waals surface area contributed by atoms with E-state index in [0.29, 0.717) is 0 Å². The Kier molecular flexibility index (Phi) is 7.85. The van der Waals surface area contributed by atoms with E-state index in [-0.39, 0.29) is 0 Å². The smallest absolute Gasteiger partial charge is 0.137 e. The molecule has 2 heteroatoms. The van der Waals surface area contributed by atoms with Gasteiger partial charge in [-0.2, -0.15) is 0 Å². The van der Waals surface area contributed by atoms with Crippen LogP contribution in [0.5, 0.6) is 0 Å². The molecule has 2 nitrogen and oxygen atoms in total. The third kappa shape index (κ3) is 5.71. The topological polar surface area (TPSA) is 16.4 Å². The van der Waals surface area contributed by atoms with E-state index in [9.17, 15) is 0 Å². The van der Waals surface area contributed by atoms with Gasteiger partial charge < -0.3 is 9.32 Å². The van der Waals surface area contributed by atoms with Gasteiger partial charge >= 0.3 is 0 Å². The molecular weight excluding hydrogens is 655 g/mol. The normalized spacial score (nSPS) is 11.3. The highest BCUT2D eigenvalue weighted by Gasteiger charge is 2.21. The Balaban J connectivity index is 1.16. The fourth-order valence-corrected chi connectivity index (χ4v) is 7.83. The molecule has 0 aliphatic rings. The van der Waals surface area contributed by atoms with Crippen molar-refractivity contribution in [2.75, 3.05) is 4.90 Å².